The molecule has 2 unspecified atom stereocenters. The van der Waals surface area contributed by atoms with Gasteiger partial charge in [-0.25, -0.2) is 14.6 Å². The van der Waals surface area contributed by atoms with E-state index in [-0.39, 0.29) is 0 Å². The van der Waals surface area contributed by atoms with E-state index in [2.05, 4.69) is 37.0 Å². The van der Waals surface area contributed by atoms with Crippen LogP contribution < -0.4 is 4.90 Å². The van der Waals surface area contributed by atoms with E-state index in [1.54, 1.807) is 6.33 Å². The van der Waals surface area contributed by atoms with Crippen LogP contribution in [-0.4, -0.2) is 51.4 Å². The van der Waals surface area contributed by atoms with Gasteiger partial charge in [-0.2, -0.15) is 0 Å². The average Bonchev–Trinajstić information content (AvgIpc) is 3.18. The molecule has 0 aromatic carbocycles. The summed E-state index contributed by atoms with van der Waals surface area (Å²) in [4.78, 5) is 13.7. The highest BCUT2D eigenvalue weighted by Crippen LogP contribution is 2.35. The second-order valence-electron chi connectivity index (χ2n) is 6.82. The number of nitrogens with zero attached hydrogens (tertiary/aromatic N) is 6. The van der Waals surface area contributed by atoms with Gasteiger partial charge in [0, 0.05) is 44.0 Å². The molecule has 7 heteroatoms. The maximum Gasteiger partial charge on any atom is 0.135 e. The third-order valence-corrected chi connectivity index (χ3v) is 5.29. The first-order valence-corrected chi connectivity index (χ1v) is 8.15. The van der Waals surface area contributed by atoms with E-state index < -0.39 is 0 Å². The van der Waals surface area contributed by atoms with E-state index in [1.807, 2.05) is 13.8 Å². The van der Waals surface area contributed by atoms with Crippen molar-refractivity contribution in [3.63, 3.8) is 0 Å². The summed E-state index contributed by atoms with van der Waals surface area (Å²) >= 11 is 0. The molecule has 2 aliphatic heterocycles. The highest BCUT2D eigenvalue weighted by atomic mass is 16.6. The van der Waals surface area contributed by atoms with Gasteiger partial charge in [-0.1, -0.05) is 10.3 Å². The molecular formula is C16H22N6O. The smallest absolute Gasteiger partial charge is 0.135 e. The normalized spacial score (nSPS) is 24.4. The number of anilines is 1. The maximum atomic E-state index is 4.80. The zero-order chi connectivity index (χ0) is 16.0. The van der Waals surface area contributed by atoms with Crippen molar-refractivity contribution in [3.05, 3.63) is 29.0 Å². The molecule has 0 amide bonds. The fourth-order valence-electron chi connectivity index (χ4n) is 3.84. The molecule has 0 saturated carbocycles. The van der Waals surface area contributed by atoms with E-state index >= 15 is 0 Å². The molecule has 0 bridgehead atoms. The van der Waals surface area contributed by atoms with Gasteiger partial charge < -0.3 is 4.90 Å². The van der Waals surface area contributed by atoms with Crippen LogP contribution >= 0.6 is 0 Å². The second kappa shape index (κ2) is 5.56. The monoisotopic (exact) mass is 314 g/mol. The molecule has 2 aliphatic rings. The van der Waals surface area contributed by atoms with Gasteiger partial charge in [-0.15, -0.1) is 0 Å². The maximum absolute atomic E-state index is 4.80. The Hall–Kier alpha value is -2.02. The zero-order valence-corrected chi connectivity index (χ0v) is 13.9. The summed E-state index contributed by atoms with van der Waals surface area (Å²) in [5.74, 6) is 2.50. The first-order valence-electron chi connectivity index (χ1n) is 8.15. The Morgan fingerprint density at radius 3 is 2.39 bits per heavy atom. The molecule has 2 atom stereocenters. The average molecular weight is 314 g/mol. The van der Waals surface area contributed by atoms with Gasteiger partial charge in [0.1, 0.15) is 23.5 Å². The van der Waals surface area contributed by atoms with Crippen molar-refractivity contribution in [2.75, 3.05) is 31.1 Å². The molecule has 2 saturated heterocycles. The molecule has 4 rings (SSSR count). The number of fused-ring (bicyclic) bond motifs is 1. The van der Waals surface area contributed by atoms with Gasteiger partial charge in [0.2, 0.25) is 0 Å². The Morgan fingerprint density at radius 1 is 1.00 bits per heavy atom. The summed E-state index contributed by atoms with van der Waals surface area (Å²) in [6, 6.07) is 0. The molecule has 0 N–H and O–H groups in total. The van der Waals surface area contributed by atoms with Gasteiger partial charge in [-0.05, 0) is 32.6 Å². The highest BCUT2D eigenvalue weighted by Gasteiger charge is 2.41. The minimum atomic E-state index is 0.699. The third-order valence-electron chi connectivity index (χ3n) is 5.29. The Labute approximate surface area is 135 Å². The number of rotatable bonds is 3. The van der Waals surface area contributed by atoms with Crippen LogP contribution in [0.15, 0.2) is 11.0 Å². The number of hydrogen-bond donors (Lipinski definition) is 0. The largest absolute Gasteiger partial charge is 0.356 e. The molecule has 23 heavy (non-hydrogen) atoms. The molecular weight excluding hydrogens is 292 g/mol. The molecule has 2 aromatic rings. The predicted molar refractivity (Wildman–Crippen MR) is 85.0 cm³/mol. The Kier molecular flexibility index (Phi) is 3.52. The molecule has 0 spiro atoms. The van der Waals surface area contributed by atoms with Crippen molar-refractivity contribution in [3.8, 4) is 0 Å². The minimum absolute atomic E-state index is 0.699. The van der Waals surface area contributed by atoms with Crippen LogP contribution in [0.2, 0.25) is 0 Å². The minimum Gasteiger partial charge on any atom is -0.356 e. The van der Waals surface area contributed by atoms with E-state index in [0.717, 1.165) is 55.6 Å². The summed E-state index contributed by atoms with van der Waals surface area (Å²) < 4.78 is 4.80. The molecule has 122 valence electrons. The van der Waals surface area contributed by atoms with Crippen molar-refractivity contribution >= 4 is 5.82 Å². The van der Waals surface area contributed by atoms with Crippen molar-refractivity contribution < 1.29 is 4.63 Å². The molecule has 2 fully saturated rings. The summed E-state index contributed by atoms with van der Waals surface area (Å²) in [5, 5.41) is 7.87. The molecule has 7 nitrogen and oxygen atoms in total. The standard InChI is InChI=1S/C16H22N6O/c1-10-11(2)17-9-18-16(10)22-6-13-4-21(5-14(13)7-22)8-15-12(3)19-23-20-15/h9,13-14H,4-8H2,1-3H3. The van der Waals surface area contributed by atoms with E-state index in [4.69, 9.17) is 4.63 Å². The summed E-state index contributed by atoms with van der Waals surface area (Å²) in [7, 11) is 0. The number of aromatic nitrogens is 4. The summed E-state index contributed by atoms with van der Waals surface area (Å²) in [6.07, 6.45) is 1.68. The van der Waals surface area contributed by atoms with Gasteiger partial charge in [-0.3, -0.25) is 4.90 Å². The Balaban J connectivity index is 1.42. The van der Waals surface area contributed by atoms with Crippen LogP contribution in [0.25, 0.3) is 0 Å². The molecule has 2 aromatic heterocycles. The lowest BCUT2D eigenvalue weighted by Gasteiger charge is -2.23. The number of hydrogen-bond acceptors (Lipinski definition) is 7. The van der Waals surface area contributed by atoms with E-state index in [9.17, 15) is 0 Å². The molecule has 0 aliphatic carbocycles. The van der Waals surface area contributed by atoms with Crippen LogP contribution in [0.1, 0.15) is 22.6 Å². The lowest BCUT2D eigenvalue weighted by Crippen LogP contribution is -2.29. The lowest BCUT2D eigenvalue weighted by molar-refractivity contribution is 0.275. The fourth-order valence-corrected chi connectivity index (χ4v) is 3.84. The first-order chi connectivity index (χ1) is 11.1. The van der Waals surface area contributed by atoms with Crippen molar-refractivity contribution in [1.82, 2.24) is 25.2 Å². The van der Waals surface area contributed by atoms with Crippen LogP contribution in [-0.2, 0) is 6.54 Å². The van der Waals surface area contributed by atoms with Gasteiger partial charge in [0.05, 0.1) is 0 Å². The third kappa shape index (κ3) is 2.59. The molecule has 0 radical (unpaired) electrons. The SMILES string of the molecule is Cc1nonc1CN1CC2CN(c3ncnc(C)c3C)CC2C1. The van der Waals surface area contributed by atoms with Gasteiger partial charge in [0.15, 0.2) is 0 Å². The van der Waals surface area contributed by atoms with Crippen molar-refractivity contribution in [2.24, 2.45) is 11.8 Å². The molecule has 4 heterocycles. The van der Waals surface area contributed by atoms with Crippen LogP contribution in [0.4, 0.5) is 5.82 Å². The summed E-state index contributed by atoms with van der Waals surface area (Å²) in [5.41, 5.74) is 4.14. The number of likely N-dealkylation sites (tertiary alicyclic amines) is 1. The van der Waals surface area contributed by atoms with Gasteiger partial charge >= 0.3 is 0 Å². The Morgan fingerprint density at radius 2 is 1.74 bits per heavy atom. The van der Waals surface area contributed by atoms with Crippen molar-refractivity contribution in [2.45, 2.75) is 27.3 Å². The van der Waals surface area contributed by atoms with E-state index in [0.29, 0.717) is 11.8 Å². The quantitative estimate of drug-likeness (QED) is 0.847. The second-order valence-corrected chi connectivity index (χ2v) is 6.82. The topological polar surface area (TPSA) is 71.2 Å². The van der Waals surface area contributed by atoms with Gasteiger partial charge in [0.25, 0.3) is 0 Å². The Bertz CT molecular complexity index is 700. The first kappa shape index (κ1) is 14.6. The zero-order valence-electron chi connectivity index (χ0n) is 13.9. The number of aryl methyl sites for hydroxylation is 2. The highest BCUT2D eigenvalue weighted by molar-refractivity contribution is 5.48. The lowest BCUT2D eigenvalue weighted by atomic mass is 10.0. The van der Waals surface area contributed by atoms with Crippen molar-refractivity contribution in [1.29, 1.82) is 0 Å². The van der Waals surface area contributed by atoms with Crippen LogP contribution in [0.5, 0.6) is 0 Å². The van der Waals surface area contributed by atoms with Crippen LogP contribution in [0.3, 0.4) is 0 Å². The predicted octanol–water partition coefficient (Wildman–Crippen LogP) is 1.35. The van der Waals surface area contributed by atoms with Crippen LogP contribution in [0, 0.1) is 32.6 Å². The van der Waals surface area contributed by atoms with E-state index in [1.165, 1.54) is 5.56 Å². The summed E-state index contributed by atoms with van der Waals surface area (Å²) in [6.45, 7) is 11.3. The fraction of sp³-hybridized carbons (Fsp3) is 0.625.